The molecule has 1 aromatic rings. The summed E-state index contributed by atoms with van der Waals surface area (Å²) in [5.41, 5.74) is -1.06. The number of halogens is 1. The molecule has 0 bridgehead atoms. The molecule has 1 N–H and O–H groups in total. The number of hydrogen-bond acceptors (Lipinski definition) is 3. The van der Waals surface area contributed by atoms with Crippen LogP contribution in [-0.4, -0.2) is 40.6 Å². The predicted molar refractivity (Wildman–Crippen MR) is 87.3 cm³/mol. The number of carboxylic acids is 1. The summed E-state index contributed by atoms with van der Waals surface area (Å²) in [6.45, 7) is 4.60. The lowest BCUT2D eigenvalue weighted by atomic mass is 9.92. The first-order valence-electron chi connectivity index (χ1n) is 8.23. The van der Waals surface area contributed by atoms with Gasteiger partial charge in [-0.05, 0) is 63.3 Å². The minimum absolute atomic E-state index is 0.127. The van der Waals surface area contributed by atoms with Gasteiger partial charge in [0.05, 0.1) is 0 Å². The topological polar surface area (TPSA) is 66.8 Å². The molecule has 1 aliphatic rings. The van der Waals surface area contributed by atoms with Crippen LogP contribution >= 0.6 is 0 Å². The van der Waals surface area contributed by atoms with Crippen LogP contribution in [0.15, 0.2) is 24.3 Å². The molecule has 5 nitrogen and oxygen atoms in total. The quantitative estimate of drug-likeness (QED) is 0.866. The summed E-state index contributed by atoms with van der Waals surface area (Å²) in [6, 6.07) is 5.57. The third-order valence-corrected chi connectivity index (χ3v) is 4.27. The summed E-state index contributed by atoms with van der Waals surface area (Å²) in [4.78, 5) is 25.3. The molecule has 24 heavy (non-hydrogen) atoms. The number of carbonyl (C=O) groups excluding carboxylic acids is 1. The third-order valence-electron chi connectivity index (χ3n) is 4.27. The fourth-order valence-electron chi connectivity index (χ4n) is 3.03. The summed E-state index contributed by atoms with van der Waals surface area (Å²) in [5, 5.41) is 8.80. The number of benzene rings is 1. The number of aliphatic carboxylic acids is 1. The van der Waals surface area contributed by atoms with Crippen LogP contribution in [0.1, 0.15) is 39.5 Å². The Bertz CT molecular complexity index is 585. The lowest BCUT2D eigenvalue weighted by Crippen LogP contribution is -2.52. The lowest BCUT2D eigenvalue weighted by Gasteiger charge is -2.37. The zero-order valence-electron chi connectivity index (χ0n) is 14.1. The first-order valence-corrected chi connectivity index (χ1v) is 8.23. The van der Waals surface area contributed by atoms with Crippen molar-refractivity contribution in [2.24, 2.45) is 5.92 Å². The fourth-order valence-corrected chi connectivity index (χ4v) is 3.03. The molecule has 6 heteroatoms. The van der Waals surface area contributed by atoms with Gasteiger partial charge in [0.25, 0.3) is 5.91 Å². The molecule has 0 saturated carbocycles. The minimum atomic E-state index is -1.06. The Labute approximate surface area is 141 Å². The van der Waals surface area contributed by atoms with E-state index in [2.05, 4.69) is 0 Å². The molecular formula is C18H24FNO4. The Morgan fingerprint density at radius 1 is 1.33 bits per heavy atom. The van der Waals surface area contributed by atoms with Gasteiger partial charge in [-0.3, -0.25) is 9.59 Å². The Hall–Kier alpha value is -2.11. The van der Waals surface area contributed by atoms with E-state index < -0.39 is 11.6 Å². The van der Waals surface area contributed by atoms with Crippen LogP contribution in [0.5, 0.6) is 5.75 Å². The predicted octanol–water partition coefficient (Wildman–Crippen LogP) is 3.09. The molecule has 1 saturated heterocycles. The van der Waals surface area contributed by atoms with Crippen LogP contribution in [-0.2, 0) is 9.59 Å². The van der Waals surface area contributed by atoms with E-state index >= 15 is 0 Å². The molecule has 0 aromatic heterocycles. The van der Waals surface area contributed by atoms with Gasteiger partial charge in [-0.2, -0.15) is 0 Å². The minimum Gasteiger partial charge on any atom is -0.481 e. The van der Waals surface area contributed by atoms with Crippen molar-refractivity contribution < 1.29 is 23.8 Å². The zero-order valence-corrected chi connectivity index (χ0v) is 14.1. The second-order valence-electron chi connectivity index (χ2n) is 6.76. The van der Waals surface area contributed by atoms with E-state index in [0.29, 0.717) is 25.3 Å². The highest BCUT2D eigenvalue weighted by atomic mass is 19.1. The molecule has 0 spiro atoms. The molecule has 1 aromatic carbocycles. The van der Waals surface area contributed by atoms with Gasteiger partial charge in [0, 0.05) is 19.5 Å². The van der Waals surface area contributed by atoms with Gasteiger partial charge in [0.15, 0.2) is 5.60 Å². The molecule has 1 atom stereocenters. The van der Waals surface area contributed by atoms with E-state index in [4.69, 9.17) is 9.84 Å². The highest BCUT2D eigenvalue weighted by Crippen LogP contribution is 2.26. The number of carboxylic acid groups (broad SMARTS) is 1. The van der Waals surface area contributed by atoms with E-state index in [1.54, 1.807) is 18.7 Å². The number of hydrogen-bond donors (Lipinski definition) is 1. The maximum atomic E-state index is 13.0. The number of rotatable bonds is 6. The number of amides is 1. The van der Waals surface area contributed by atoms with Crippen molar-refractivity contribution in [3.05, 3.63) is 30.1 Å². The molecule has 1 aliphatic heterocycles. The molecule has 1 heterocycles. The summed E-state index contributed by atoms with van der Waals surface area (Å²) in [6.07, 6.45) is 2.51. The van der Waals surface area contributed by atoms with E-state index in [1.165, 1.54) is 24.3 Å². The average Bonchev–Trinajstić information content (AvgIpc) is 2.54. The largest absolute Gasteiger partial charge is 0.481 e. The summed E-state index contributed by atoms with van der Waals surface area (Å²) in [5.74, 6) is -0.649. The standard InChI is InChI=1S/C18H24FNO4/c1-18(2,24-15-8-6-14(19)7-9-15)17(23)20-11-3-4-13(12-20)5-10-16(21)22/h6-9,13H,3-5,10-12H2,1-2H3,(H,21,22). The molecule has 1 fully saturated rings. The third kappa shape index (κ3) is 4.94. The Morgan fingerprint density at radius 3 is 2.62 bits per heavy atom. The summed E-state index contributed by atoms with van der Waals surface area (Å²) < 4.78 is 18.7. The van der Waals surface area contributed by atoms with Crippen molar-refractivity contribution in [2.45, 2.75) is 45.1 Å². The first kappa shape index (κ1) is 18.2. The molecule has 1 unspecified atom stereocenters. The van der Waals surface area contributed by atoms with Gasteiger partial charge in [-0.25, -0.2) is 4.39 Å². The van der Waals surface area contributed by atoms with Gasteiger partial charge in [-0.15, -0.1) is 0 Å². The molecular weight excluding hydrogens is 313 g/mol. The summed E-state index contributed by atoms with van der Waals surface area (Å²) >= 11 is 0. The van der Waals surface area contributed by atoms with Crippen LogP contribution < -0.4 is 4.74 Å². The van der Waals surface area contributed by atoms with Crippen LogP contribution in [0.3, 0.4) is 0 Å². The van der Waals surface area contributed by atoms with Crippen LogP contribution in [0.2, 0.25) is 0 Å². The second kappa shape index (κ2) is 7.64. The number of likely N-dealkylation sites (tertiary alicyclic amines) is 1. The van der Waals surface area contributed by atoms with E-state index in [1.807, 2.05) is 0 Å². The van der Waals surface area contributed by atoms with Gasteiger partial charge in [0.1, 0.15) is 11.6 Å². The Kier molecular flexibility index (Phi) is 5.80. The van der Waals surface area contributed by atoms with Crippen molar-refractivity contribution in [3.8, 4) is 5.75 Å². The van der Waals surface area contributed by atoms with Crippen molar-refractivity contribution in [1.29, 1.82) is 0 Å². The van der Waals surface area contributed by atoms with Gasteiger partial charge < -0.3 is 14.7 Å². The highest BCUT2D eigenvalue weighted by molar-refractivity contribution is 5.85. The first-order chi connectivity index (χ1) is 11.3. The smallest absolute Gasteiger partial charge is 0.303 e. The number of piperidine rings is 1. The number of ether oxygens (including phenoxy) is 1. The normalized spacial score (nSPS) is 18.3. The van der Waals surface area contributed by atoms with Gasteiger partial charge in [0.2, 0.25) is 0 Å². The molecule has 1 amide bonds. The van der Waals surface area contributed by atoms with Crippen LogP contribution in [0, 0.1) is 11.7 Å². The van der Waals surface area contributed by atoms with Crippen LogP contribution in [0.4, 0.5) is 4.39 Å². The molecule has 0 aliphatic carbocycles. The molecule has 132 valence electrons. The average molecular weight is 337 g/mol. The Morgan fingerprint density at radius 2 is 2.00 bits per heavy atom. The van der Waals surface area contributed by atoms with E-state index in [9.17, 15) is 14.0 Å². The molecule has 2 rings (SSSR count). The monoisotopic (exact) mass is 337 g/mol. The van der Waals surface area contributed by atoms with Gasteiger partial charge >= 0.3 is 5.97 Å². The second-order valence-corrected chi connectivity index (χ2v) is 6.76. The van der Waals surface area contributed by atoms with E-state index in [0.717, 1.165) is 12.8 Å². The number of carbonyl (C=O) groups is 2. The van der Waals surface area contributed by atoms with Crippen molar-refractivity contribution in [2.75, 3.05) is 13.1 Å². The number of nitrogens with zero attached hydrogens (tertiary/aromatic N) is 1. The van der Waals surface area contributed by atoms with Crippen molar-refractivity contribution >= 4 is 11.9 Å². The highest BCUT2D eigenvalue weighted by Gasteiger charge is 2.36. The van der Waals surface area contributed by atoms with Crippen LogP contribution in [0.25, 0.3) is 0 Å². The fraction of sp³-hybridized carbons (Fsp3) is 0.556. The van der Waals surface area contributed by atoms with Crippen molar-refractivity contribution in [1.82, 2.24) is 4.90 Å². The van der Waals surface area contributed by atoms with Gasteiger partial charge in [-0.1, -0.05) is 0 Å². The zero-order chi connectivity index (χ0) is 17.7. The maximum absolute atomic E-state index is 13.0. The lowest BCUT2D eigenvalue weighted by molar-refractivity contribution is -0.147. The summed E-state index contributed by atoms with van der Waals surface area (Å²) in [7, 11) is 0. The Balaban J connectivity index is 1.97. The van der Waals surface area contributed by atoms with Crippen molar-refractivity contribution in [3.63, 3.8) is 0 Å². The molecule has 0 radical (unpaired) electrons. The SMILES string of the molecule is CC(C)(Oc1ccc(F)cc1)C(=O)N1CCCC(CCC(=O)O)C1. The maximum Gasteiger partial charge on any atom is 0.303 e. The van der Waals surface area contributed by atoms with E-state index in [-0.39, 0.29) is 24.1 Å².